The average Bonchev–Trinajstić information content (AvgIpc) is 3.09. The molecule has 0 aromatic heterocycles. The summed E-state index contributed by atoms with van der Waals surface area (Å²) < 4.78 is 22.4. The van der Waals surface area contributed by atoms with Crippen LogP contribution in [0.15, 0.2) is 0 Å². The highest BCUT2D eigenvalue weighted by Gasteiger charge is 2.50. The highest BCUT2D eigenvalue weighted by molar-refractivity contribution is 4.97. The Kier molecular flexibility index (Phi) is 9.76. The summed E-state index contributed by atoms with van der Waals surface area (Å²) in [6.07, 6.45) is -9.77. The predicted molar refractivity (Wildman–Crippen MR) is 109 cm³/mol. The fourth-order valence-corrected chi connectivity index (χ4v) is 4.44. The molecule has 3 fully saturated rings. The van der Waals surface area contributed by atoms with Crippen molar-refractivity contribution in [3.05, 3.63) is 0 Å². The van der Waals surface area contributed by atoms with E-state index in [0.717, 1.165) is 0 Å². The van der Waals surface area contributed by atoms with Crippen LogP contribution in [0.25, 0.3) is 0 Å². The molecule has 0 spiro atoms. The van der Waals surface area contributed by atoms with Crippen LogP contribution in [0, 0.1) is 0 Å². The average molecular weight is 484 g/mol. The molecule has 3 rings (SSSR count). The van der Waals surface area contributed by atoms with E-state index in [1.54, 1.807) is 0 Å². The molecule has 14 heteroatoms. The van der Waals surface area contributed by atoms with Gasteiger partial charge in [-0.1, -0.05) is 0 Å². The Morgan fingerprint density at radius 2 is 1.61 bits per heavy atom. The summed E-state index contributed by atoms with van der Waals surface area (Å²) in [6.45, 7) is -1.42. The molecule has 12 atom stereocenters. The number of hydrogen-bond acceptors (Lipinski definition) is 14. The van der Waals surface area contributed by atoms with Crippen LogP contribution >= 0.6 is 0 Å². The Hall–Kier alpha value is -0.560. The lowest BCUT2D eigenvalue weighted by Gasteiger charge is -2.40. The second-order valence-corrected chi connectivity index (χ2v) is 8.89. The first-order valence-corrected chi connectivity index (χ1v) is 11.1. The Morgan fingerprint density at radius 1 is 0.909 bits per heavy atom. The van der Waals surface area contributed by atoms with Crippen molar-refractivity contribution in [1.29, 1.82) is 0 Å². The van der Waals surface area contributed by atoms with Crippen molar-refractivity contribution in [2.45, 2.75) is 92.3 Å². The van der Waals surface area contributed by atoms with E-state index in [4.69, 9.17) is 30.4 Å². The van der Waals surface area contributed by atoms with Gasteiger partial charge in [0, 0.05) is 12.1 Å². The van der Waals surface area contributed by atoms with Gasteiger partial charge < -0.3 is 71.5 Å². The number of rotatable bonds is 9. The van der Waals surface area contributed by atoms with Crippen LogP contribution in [0.5, 0.6) is 0 Å². The minimum Gasteiger partial charge on any atom is -0.395 e. The van der Waals surface area contributed by atoms with Crippen LogP contribution < -0.4 is 16.8 Å². The Labute approximate surface area is 191 Å². The standard InChI is InChI=1S/C19H37N3O11/c20-7-1-9(22-8(3-23)4-24)14(27)11(2-7)31-19-16(29)17(12(5-25)32-19)33-18-13(21)15(28)10(26)6-30-18/h7-19,22-29H,1-6,20-21H2/t7-,9+,10+,11-,12+,13+,14-,15-,16+,17+,18+,19+/m0/s1. The van der Waals surface area contributed by atoms with Crippen molar-refractivity contribution in [3.63, 3.8) is 0 Å². The van der Waals surface area contributed by atoms with Crippen LogP contribution in [-0.2, 0) is 18.9 Å². The molecular formula is C19H37N3O11. The van der Waals surface area contributed by atoms with Crippen molar-refractivity contribution in [2.24, 2.45) is 11.5 Å². The van der Waals surface area contributed by atoms with Gasteiger partial charge in [-0.3, -0.25) is 0 Å². The molecule has 194 valence electrons. The molecule has 0 bridgehead atoms. The molecule has 0 radical (unpaired) electrons. The van der Waals surface area contributed by atoms with E-state index in [0.29, 0.717) is 6.42 Å². The highest BCUT2D eigenvalue weighted by atomic mass is 16.7. The first kappa shape index (κ1) is 27.0. The first-order valence-electron chi connectivity index (χ1n) is 11.1. The summed E-state index contributed by atoms with van der Waals surface area (Å²) in [5, 5.41) is 72.4. The van der Waals surface area contributed by atoms with Crippen molar-refractivity contribution in [2.75, 3.05) is 26.4 Å². The van der Waals surface area contributed by atoms with Crippen molar-refractivity contribution in [3.8, 4) is 0 Å². The lowest BCUT2D eigenvalue weighted by atomic mass is 9.86. The molecule has 12 N–H and O–H groups in total. The second-order valence-electron chi connectivity index (χ2n) is 8.89. The summed E-state index contributed by atoms with van der Waals surface area (Å²) in [7, 11) is 0. The molecule has 0 unspecified atom stereocenters. The van der Waals surface area contributed by atoms with E-state index < -0.39 is 80.0 Å². The molecule has 1 saturated carbocycles. The minimum atomic E-state index is -1.40. The smallest absolute Gasteiger partial charge is 0.187 e. The highest BCUT2D eigenvalue weighted by Crippen LogP contribution is 2.31. The molecular weight excluding hydrogens is 446 g/mol. The van der Waals surface area contributed by atoms with Gasteiger partial charge in [-0.15, -0.1) is 0 Å². The molecule has 14 nitrogen and oxygen atoms in total. The molecule has 2 aliphatic heterocycles. The van der Waals surface area contributed by atoms with Crippen LogP contribution in [0.1, 0.15) is 12.8 Å². The van der Waals surface area contributed by atoms with Gasteiger partial charge in [-0.2, -0.15) is 0 Å². The number of aliphatic hydroxyl groups is 7. The fourth-order valence-electron chi connectivity index (χ4n) is 4.44. The Balaban J connectivity index is 1.63. The summed E-state index contributed by atoms with van der Waals surface area (Å²) in [6, 6.07) is -2.69. The summed E-state index contributed by atoms with van der Waals surface area (Å²) >= 11 is 0. The van der Waals surface area contributed by atoms with E-state index in [2.05, 4.69) is 5.32 Å². The Bertz CT molecular complexity index is 603. The van der Waals surface area contributed by atoms with Gasteiger partial charge in [-0.05, 0) is 12.8 Å². The summed E-state index contributed by atoms with van der Waals surface area (Å²) in [5.41, 5.74) is 11.9. The third-order valence-electron chi connectivity index (χ3n) is 6.38. The van der Waals surface area contributed by atoms with Gasteiger partial charge in [-0.25, -0.2) is 0 Å². The zero-order valence-corrected chi connectivity index (χ0v) is 18.2. The second kappa shape index (κ2) is 11.9. The molecule has 0 amide bonds. The Morgan fingerprint density at radius 3 is 2.24 bits per heavy atom. The SMILES string of the molecule is N[C@@H]1C[C@H](O[C@@H]2O[C@H](CO)[C@@H](O[C@H]3OC[C@@H](O)[C@H](O)[C@H]3N)[C@H]2O)[C@@H](O)[C@H](NC(CO)CO)C1. The summed E-state index contributed by atoms with van der Waals surface area (Å²) in [4.78, 5) is 0. The van der Waals surface area contributed by atoms with Crippen LogP contribution in [-0.4, -0.2) is 142 Å². The number of nitrogens with two attached hydrogens (primary N) is 2. The van der Waals surface area contributed by atoms with Gasteiger partial charge in [0.15, 0.2) is 12.6 Å². The van der Waals surface area contributed by atoms with E-state index in [1.807, 2.05) is 0 Å². The maximum absolute atomic E-state index is 10.8. The predicted octanol–water partition coefficient (Wildman–Crippen LogP) is -5.97. The zero-order chi connectivity index (χ0) is 24.3. The van der Waals surface area contributed by atoms with Crippen LogP contribution in [0.2, 0.25) is 0 Å². The molecule has 1 aliphatic carbocycles. The molecule has 33 heavy (non-hydrogen) atoms. The first-order chi connectivity index (χ1) is 15.7. The number of aliphatic hydroxyl groups excluding tert-OH is 7. The van der Waals surface area contributed by atoms with E-state index in [1.165, 1.54) is 0 Å². The molecule has 0 aromatic rings. The van der Waals surface area contributed by atoms with Gasteiger partial charge in [0.25, 0.3) is 0 Å². The molecule has 2 saturated heterocycles. The molecule has 2 heterocycles. The largest absolute Gasteiger partial charge is 0.395 e. The van der Waals surface area contributed by atoms with Gasteiger partial charge >= 0.3 is 0 Å². The van der Waals surface area contributed by atoms with Crippen LogP contribution in [0.3, 0.4) is 0 Å². The summed E-state index contributed by atoms with van der Waals surface area (Å²) in [5.74, 6) is 0. The van der Waals surface area contributed by atoms with Crippen molar-refractivity contribution in [1.82, 2.24) is 5.32 Å². The lowest BCUT2D eigenvalue weighted by molar-refractivity contribution is -0.256. The van der Waals surface area contributed by atoms with Gasteiger partial charge in [0.2, 0.25) is 0 Å². The monoisotopic (exact) mass is 483 g/mol. The van der Waals surface area contributed by atoms with Crippen LogP contribution in [0.4, 0.5) is 0 Å². The molecule has 3 aliphatic rings. The van der Waals surface area contributed by atoms with Gasteiger partial charge in [0.1, 0.15) is 30.5 Å². The van der Waals surface area contributed by atoms with E-state index in [9.17, 15) is 35.7 Å². The van der Waals surface area contributed by atoms with E-state index >= 15 is 0 Å². The fraction of sp³-hybridized carbons (Fsp3) is 1.00. The van der Waals surface area contributed by atoms with E-state index in [-0.39, 0.29) is 32.3 Å². The topological polar surface area (TPSA) is 243 Å². The quantitative estimate of drug-likeness (QED) is 0.147. The van der Waals surface area contributed by atoms with Gasteiger partial charge in [0.05, 0.1) is 50.7 Å². The third kappa shape index (κ3) is 6.17. The zero-order valence-electron chi connectivity index (χ0n) is 18.2. The maximum Gasteiger partial charge on any atom is 0.187 e. The van der Waals surface area contributed by atoms with Crippen molar-refractivity contribution >= 4 is 0 Å². The number of ether oxygens (including phenoxy) is 4. The minimum absolute atomic E-state index is 0.226. The van der Waals surface area contributed by atoms with Crippen molar-refractivity contribution < 1.29 is 54.7 Å². The number of nitrogens with one attached hydrogen (secondary N) is 1. The third-order valence-corrected chi connectivity index (χ3v) is 6.38. The maximum atomic E-state index is 10.8. The number of hydrogen-bond donors (Lipinski definition) is 10. The lowest BCUT2D eigenvalue weighted by Crippen LogP contribution is -2.60. The molecule has 0 aromatic carbocycles. The normalized spacial score (nSPS) is 46.7.